The molecule has 1 aromatic heterocycles. The molecule has 3 aromatic rings. The maximum Gasteiger partial charge on any atom is 0.227 e. The second-order valence-electron chi connectivity index (χ2n) is 7.52. The maximum atomic E-state index is 12.9. The number of amides is 2. The van der Waals surface area contributed by atoms with Crippen LogP contribution >= 0.6 is 11.6 Å². The smallest absolute Gasteiger partial charge is 0.227 e. The molecule has 0 bridgehead atoms. The number of likely N-dealkylation sites (tertiary alicyclic amines) is 1. The number of para-hydroxylation sites is 1. The van der Waals surface area contributed by atoms with Crippen LogP contribution in [0, 0.1) is 5.92 Å². The number of carbonyl (C=O) groups excluding carboxylic acids is 2. The summed E-state index contributed by atoms with van der Waals surface area (Å²) in [6, 6.07) is 15.5. The van der Waals surface area contributed by atoms with E-state index < -0.39 is 0 Å². The van der Waals surface area contributed by atoms with E-state index in [1.54, 1.807) is 0 Å². The van der Waals surface area contributed by atoms with Gasteiger partial charge in [0.2, 0.25) is 11.8 Å². The van der Waals surface area contributed by atoms with Gasteiger partial charge in [-0.15, -0.1) is 0 Å². The number of nitrogens with one attached hydrogen (secondary N) is 2. The first-order chi connectivity index (χ1) is 14.1. The Kier molecular flexibility index (Phi) is 5.86. The Bertz CT molecular complexity index is 1030. The fourth-order valence-electron chi connectivity index (χ4n) is 3.94. The molecule has 29 heavy (non-hydrogen) atoms. The van der Waals surface area contributed by atoms with Gasteiger partial charge in [-0.2, -0.15) is 0 Å². The minimum atomic E-state index is -0.182. The lowest BCUT2D eigenvalue weighted by Gasteiger charge is -2.32. The third-order valence-electron chi connectivity index (χ3n) is 5.57. The lowest BCUT2D eigenvalue weighted by Crippen LogP contribution is -2.45. The van der Waals surface area contributed by atoms with E-state index >= 15 is 0 Å². The summed E-state index contributed by atoms with van der Waals surface area (Å²) in [6.07, 6.45) is 3.88. The quantitative estimate of drug-likeness (QED) is 0.670. The average molecular weight is 410 g/mol. The number of hydrogen-bond acceptors (Lipinski definition) is 2. The van der Waals surface area contributed by atoms with Crippen LogP contribution in [-0.2, 0) is 22.6 Å². The first kappa shape index (κ1) is 19.5. The predicted octanol–water partition coefficient (Wildman–Crippen LogP) is 3.92. The summed E-state index contributed by atoms with van der Waals surface area (Å²) in [6.45, 7) is 1.57. The molecule has 5 nitrogen and oxygen atoms in total. The first-order valence-corrected chi connectivity index (χ1v) is 10.3. The molecule has 2 heterocycles. The van der Waals surface area contributed by atoms with Crippen molar-refractivity contribution in [1.82, 2.24) is 15.2 Å². The number of piperidine rings is 1. The molecule has 150 valence electrons. The van der Waals surface area contributed by atoms with Gasteiger partial charge in [0.15, 0.2) is 0 Å². The van der Waals surface area contributed by atoms with Crippen molar-refractivity contribution in [2.24, 2.45) is 5.92 Å². The molecule has 2 amide bonds. The van der Waals surface area contributed by atoms with E-state index in [9.17, 15) is 9.59 Å². The molecule has 1 aliphatic rings. The van der Waals surface area contributed by atoms with E-state index in [1.165, 1.54) is 0 Å². The van der Waals surface area contributed by atoms with Gasteiger partial charge < -0.3 is 15.2 Å². The number of halogens is 1. The lowest BCUT2D eigenvalue weighted by atomic mass is 9.96. The van der Waals surface area contributed by atoms with E-state index in [2.05, 4.69) is 10.3 Å². The predicted molar refractivity (Wildman–Crippen MR) is 115 cm³/mol. The lowest BCUT2D eigenvalue weighted by molar-refractivity contribution is -0.135. The highest BCUT2D eigenvalue weighted by molar-refractivity contribution is 6.31. The van der Waals surface area contributed by atoms with Gasteiger partial charge in [0.05, 0.1) is 12.3 Å². The van der Waals surface area contributed by atoms with Gasteiger partial charge in [0, 0.05) is 41.8 Å². The Hall–Kier alpha value is -2.79. The molecule has 1 aliphatic heterocycles. The third-order valence-corrected chi connectivity index (χ3v) is 5.94. The van der Waals surface area contributed by atoms with E-state index in [0.717, 1.165) is 34.9 Å². The third kappa shape index (κ3) is 4.46. The van der Waals surface area contributed by atoms with Crippen molar-refractivity contribution >= 4 is 34.3 Å². The van der Waals surface area contributed by atoms with Crippen LogP contribution in [0.2, 0.25) is 5.02 Å². The van der Waals surface area contributed by atoms with Crippen LogP contribution in [0.1, 0.15) is 24.0 Å². The molecule has 1 fully saturated rings. The molecule has 6 heteroatoms. The Labute approximate surface area is 175 Å². The number of carbonyl (C=O) groups is 2. The molecule has 2 aromatic carbocycles. The second-order valence-corrected chi connectivity index (χ2v) is 7.93. The van der Waals surface area contributed by atoms with Gasteiger partial charge in [-0.1, -0.05) is 48.0 Å². The fourth-order valence-corrected chi connectivity index (χ4v) is 4.14. The normalized spacial score (nSPS) is 16.7. The van der Waals surface area contributed by atoms with Crippen LogP contribution < -0.4 is 5.32 Å². The largest absolute Gasteiger partial charge is 0.361 e. The maximum absolute atomic E-state index is 12.9. The highest BCUT2D eigenvalue weighted by Gasteiger charge is 2.28. The van der Waals surface area contributed by atoms with Crippen molar-refractivity contribution in [3.05, 3.63) is 70.9 Å². The van der Waals surface area contributed by atoms with Gasteiger partial charge in [0.1, 0.15) is 0 Å². The molecule has 0 unspecified atom stereocenters. The molecular weight excluding hydrogens is 386 g/mol. The van der Waals surface area contributed by atoms with Crippen molar-refractivity contribution in [1.29, 1.82) is 0 Å². The molecule has 1 atom stereocenters. The summed E-state index contributed by atoms with van der Waals surface area (Å²) >= 11 is 6.16. The zero-order valence-corrected chi connectivity index (χ0v) is 16.9. The number of aromatic nitrogens is 1. The molecule has 0 saturated carbocycles. The zero-order chi connectivity index (χ0) is 20.2. The molecule has 2 N–H and O–H groups in total. The molecule has 4 rings (SSSR count). The van der Waals surface area contributed by atoms with Crippen molar-refractivity contribution in [2.45, 2.75) is 25.8 Å². The summed E-state index contributed by atoms with van der Waals surface area (Å²) in [5.74, 6) is -0.133. The first-order valence-electron chi connectivity index (χ1n) is 9.95. The summed E-state index contributed by atoms with van der Waals surface area (Å²) in [7, 11) is 0. The SMILES string of the molecule is O=C(NCc1ccccc1Cl)[C@H]1CCCN(C(=O)Cc2c[nH]c3ccccc23)C1. The van der Waals surface area contributed by atoms with Gasteiger partial charge in [0.25, 0.3) is 0 Å². The highest BCUT2D eigenvalue weighted by atomic mass is 35.5. The van der Waals surface area contributed by atoms with Crippen LogP contribution in [0.25, 0.3) is 10.9 Å². The minimum Gasteiger partial charge on any atom is -0.361 e. The molecule has 0 aliphatic carbocycles. The summed E-state index contributed by atoms with van der Waals surface area (Å²) in [4.78, 5) is 30.5. The standard InChI is InChI=1S/C23H24ClN3O2/c24-20-9-3-1-6-16(20)13-26-23(29)17-7-5-11-27(15-17)22(28)12-18-14-25-21-10-4-2-8-19(18)21/h1-4,6,8-10,14,17,25H,5,7,11-13,15H2,(H,26,29)/t17-/m0/s1. The van der Waals surface area contributed by atoms with Gasteiger partial charge >= 0.3 is 0 Å². The number of fused-ring (bicyclic) bond motifs is 1. The Morgan fingerprint density at radius 2 is 1.90 bits per heavy atom. The molecule has 1 saturated heterocycles. The molecule has 0 spiro atoms. The second kappa shape index (κ2) is 8.70. The average Bonchev–Trinajstić information content (AvgIpc) is 3.16. The Morgan fingerprint density at radius 1 is 1.10 bits per heavy atom. The highest BCUT2D eigenvalue weighted by Crippen LogP contribution is 2.22. The number of aromatic amines is 1. The minimum absolute atomic E-state index is 0.0190. The van der Waals surface area contributed by atoms with Crippen LogP contribution in [0.15, 0.2) is 54.7 Å². The van der Waals surface area contributed by atoms with Crippen LogP contribution in [0.5, 0.6) is 0 Å². The van der Waals surface area contributed by atoms with Crippen molar-refractivity contribution in [3.8, 4) is 0 Å². The molecule has 0 radical (unpaired) electrons. The number of rotatable bonds is 5. The number of benzene rings is 2. The van der Waals surface area contributed by atoms with E-state index in [-0.39, 0.29) is 17.7 Å². The summed E-state index contributed by atoms with van der Waals surface area (Å²) in [5, 5.41) is 4.69. The van der Waals surface area contributed by atoms with Gasteiger partial charge in [-0.05, 0) is 36.1 Å². The number of H-pyrrole nitrogens is 1. The van der Waals surface area contributed by atoms with Crippen molar-refractivity contribution in [3.63, 3.8) is 0 Å². The summed E-state index contributed by atoms with van der Waals surface area (Å²) < 4.78 is 0. The van der Waals surface area contributed by atoms with E-state index in [1.807, 2.05) is 59.6 Å². The van der Waals surface area contributed by atoms with Crippen molar-refractivity contribution in [2.75, 3.05) is 13.1 Å². The molecular formula is C23H24ClN3O2. The summed E-state index contributed by atoms with van der Waals surface area (Å²) in [5.41, 5.74) is 2.92. The Morgan fingerprint density at radius 3 is 2.76 bits per heavy atom. The van der Waals surface area contributed by atoms with Crippen LogP contribution in [-0.4, -0.2) is 34.8 Å². The monoisotopic (exact) mass is 409 g/mol. The number of nitrogens with zero attached hydrogens (tertiary/aromatic N) is 1. The Balaban J connectivity index is 1.35. The van der Waals surface area contributed by atoms with Gasteiger partial charge in [-0.25, -0.2) is 0 Å². The van der Waals surface area contributed by atoms with Crippen LogP contribution in [0.4, 0.5) is 0 Å². The van der Waals surface area contributed by atoms with Crippen molar-refractivity contribution < 1.29 is 9.59 Å². The zero-order valence-electron chi connectivity index (χ0n) is 16.2. The van der Waals surface area contributed by atoms with Crippen LogP contribution in [0.3, 0.4) is 0 Å². The number of hydrogen-bond donors (Lipinski definition) is 2. The van der Waals surface area contributed by atoms with E-state index in [0.29, 0.717) is 31.1 Å². The van der Waals surface area contributed by atoms with Gasteiger partial charge in [-0.3, -0.25) is 9.59 Å². The topological polar surface area (TPSA) is 65.2 Å². The fraction of sp³-hybridized carbons (Fsp3) is 0.304. The van der Waals surface area contributed by atoms with E-state index in [4.69, 9.17) is 11.6 Å².